The smallest absolute Gasteiger partial charge is 0.203 e. The quantitative estimate of drug-likeness (QED) is 0.773. The van der Waals surface area contributed by atoms with E-state index in [1.54, 1.807) is 0 Å². The lowest BCUT2D eigenvalue weighted by Crippen LogP contribution is -2.06. The maximum atomic E-state index is 5.63. The van der Waals surface area contributed by atoms with E-state index in [4.69, 9.17) is 19.9 Å². The minimum atomic E-state index is 0.580. The molecule has 0 heterocycles. The molecule has 0 aromatic heterocycles. The van der Waals surface area contributed by atoms with Gasteiger partial charge in [-0.25, -0.2) is 0 Å². The van der Waals surface area contributed by atoms with Crippen LogP contribution in [0.4, 0.5) is 0 Å². The van der Waals surface area contributed by atoms with Gasteiger partial charge in [0.1, 0.15) is 0 Å². The molecule has 4 nitrogen and oxygen atoms in total. The van der Waals surface area contributed by atoms with E-state index < -0.39 is 0 Å². The number of rotatable bonds is 8. The second-order valence-electron chi connectivity index (χ2n) is 3.76. The number of hydrogen-bond acceptors (Lipinski definition) is 4. The van der Waals surface area contributed by atoms with Crippen LogP contribution in [-0.4, -0.2) is 26.4 Å². The van der Waals surface area contributed by atoms with Gasteiger partial charge in [-0.05, 0) is 51.4 Å². The first-order valence-electron chi connectivity index (χ1n) is 6.52. The lowest BCUT2D eigenvalue weighted by molar-refractivity contribution is 0.260. The maximum Gasteiger partial charge on any atom is 0.203 e. The molecule has 0 unspecified atom stereocenters. The van der Waals surface area contributed by atoms with Crippen molar-refractivity contribution in [2.75, 3.05) is 26.4 Å². The predicted molar refractivity (Wildman–Crippen MR) is 72.7 cm³/mol. The van der Waals surface area contributed by atoms with Crippen molar-refractivity contribution in [2.24, 2.45) is 5.73 Å². The molecule has 1 aromatic carbocycles. The van der Waals surface area contributed by atoms with Crippen molar-refractivity contribution in [3.8, 4) is 17.2 Å². The summed E-state index contributed by atoms with van der Waals surface area (Å²) in [5, 5.41) is 0. The Balaban J connectivity index is 3.15. The Morgan fingerprint density at radius 3 is 1.78 bits per heavy atom. The van der Waals surface area contributed by atoms with Gasteiger partial charge in [-0.3, -0.25) is 0 Å². The summed E-state index contributed by atoms with van der Waals surface area (Å²) >= 11 is 0. The first-order chi connectivity index (χ1) is 8.76. The van der Waals surface area contributed by atoms with E-state index in [-0.39, 0.29) is 0 Å². The van der Waals surface area contributed by atoms with E-state index in [1.807, 2.05) is 32.9 Å². The first kappa shape index (κ1) is 14.6. The SMILES string of the molecule is CCOc1cc(CCN)cc(OCC)c1OCC. The van der Waals surface area contributed by atoms with Crippen LogP contribution in [0.25, 0.3) is 0 Å². The van der Waals surface area contributed by atoms with Gasteiger partial charge in [0.15, 0.2) is 11.5 Å². The third kappa shape index (κ3) is 3.81. The van der Waals surface area contributed by atoms with Gasteiger partial charge in [-0.2, -0.15) is 0 Å². The van der Waals surface area contributed by atoms with Crippen LogP contribution in [0.15, 0.2) is 12.1 Å². The van der Waals surface area contributed by atoms with E-state index >= 15 is 0 Å². The summed E-state index contributed by atoms with van der Waals surface area (Å²) < 4.78 is 16.9. The number of ether oxygens (including phenoxy) is 3. The van der Waals surface area contributed by atoms with Crippen molar-refractivity contribution >= 4 is 0 Å². The topological polar surface area (TPSA) is 53.7 Å². The molecule has 0 aliphatic carbocycles. The molecule has 0 saturated carbocycles. The molecule has 1 aromatic rings. The summed E-state index contributed by atoms with van der Waals surface area (Å²) in [5.41, 5.74) is 6.70. The molecule has 0 atom stereocenters. The Labute approximate surface area is 109 Å². The van der Waals surface area contributed by atoms with E-state index in [0.717, 1.165) is 23.5 Å². The van der Waals surface area contributed by atoms with Crippen LogP contribution in [0.3, 0.4) is 0 Å². The zero-order valence-electron chi connectivity index (χ0n) is 11.5. The van der Waals surface area contributed by atoms with E-state index in [2.05, 4.69) is 0 Å². The molecule has 4 heteroatoms. The van der Waals surface area contributed by atoms with Gasteiger partial charge in [0.05, 0.1) is 19.8 Å². The predicted octanol–water partition coefficient (Wildman–Crippen LogP) is 2.38. The minimum absolute atomic E-state index is 0.580. The Hall–Kier alpha value is -1.42. The Kier molecular flexibility index (Phi) is 6.36. The summed E-state index contributed by atoms with van der Waals surface area (Å²) in [6.45, 7) is 8.22. The molecular formula is C14H23NO3. The molecule has 0 amide bonds. The van der Waals surface area contributed by atoms with Crippen molar-refractivity contribution in [3.63, 3.8) is 0 Å². The van der Waals surface area contributed by atoms with Crippen molar-refractivity contribution in [2.45, 2.75) is 27.2 Å². The average molecular weight is 253 g/mol. The highest BCUT2D eigenvalue weighted by Gasteiger charge is 2.14. The van der Waals surface area contributed by atoms with Crippen molar-refractivity contribution in [3.05, 3.63) is 17.7 Å². The molecule has 0 fully saturated rings. The van der Waals surface area contributed by atoms with Gasteiger partial charge in [-0.1, -0.05) is 0 Å². The molecule has 0 spiro atoms. The van der Waals surface area contributed by atoms with E-state index in [1.165, 1.54) is 0 Å². The molecule has 0 saturated heterocycles. The van der Waals surface area contributed by atoms with Gasteiger partial charge < -0.3 is 19.9 Å². The molecule has 2 N–H and O–H groups in total. The summed E-state index contributed by atoms with van der Waals surface area (Å²) in [5.74, 6) is 2.14. The van der Waals surface area contributed by atoms with Gasteiger partial charge >= 0.3 is 0 Å². The zero-order valence-corrected chi connectivity index (χ0v) is 11.5. The van der Waals surface area contributed by atoms with Gasteiger partial charge in [0, 0.05) is 0 Å². The molecule has 0 bridgehead atoms. The molecule has 0 aliphatic heterocycles. The molecule has 0 radical (unpaired) electrons. The second-order valence-corrected chi connectivity index (χ2v) is 3.76. The van der Waals surface area contributed by atoms with Gasteiger partial charge in [-0.15, -0.1) is 0 Å². The van der Waals surface area contributed by atoms with Gasteiger partial charge in [0.25, 0.3) is 0 Å². The van der Waals surface area contributed by atoms with Gasteiger partial charge in [0.2, 0.25) is 5.75 Å². The highest BCUT2D eigenvalue weighted by molar-refractivity contribution is 5.54. The fourth-order valence-electron chi connectivity index (χ4n) is 1.75. The van der Waals surface area contributed by atoms with Crippen LogP contribution < -0.4 is 19.9 Å². The van der Waals surface area contributed by atoms with Crippen LogP contribution in [-0.2, 0) is 6.42 Å². The molecule has 0 aliphatic rings. The molecule has 102 valence electrons. The number of benzene rings is 1. The summed E-state index contributed by atoms with van der Waals surface area (Å²) in [7, 11) is 0. The molecule has 18 heavy (non-hydrogen) atoms. The Morgan fingerprint density at radius 2 is 1.39 bits per heavy atom. The van der Waals surface area contributed by atoms with Crippen molar-refractivity contribution in [1.29, 1.82) is 0 Å². The third-order valence-corrected chi connectivity index (χ3v) is 2.40. The normalized spacial score (nSPS) is 10.2. The van der Waals surface area contributed by atoms with Crippen LogP contribution in [0.2, 0.25) is 0 Å². The van der Waals surface area contributed by atoms with E-state index in [0.29, 0.717) is 32.1 Å². The monoisotopic (exact) mass is 253 g/mol. The molecule has 1 rings (SSSR count). The standard InChI is InChI=1S/C14H23NO3/c1-4-16-12-9-11(7-8-15)10-13(17-5-2)14(12)18-6-3/h9-10H,4-8,15H2,1-3H3. The zero-order chi connectivity index (χ0) is 13.4. The minimum Gasteiger partial charge on any atom is -0.490 e. The van der Waals surface area contributed by atoms with E-state index in [9.17, 15) is 0 Å². The number of hydrogen-bond donors (Lipinski definition) is 1. The van der Waals surface area contributed by atoms with Crippen molar-refractivity contribution in [1.82, 2.24) is 0 Å². The lowest BCUT2D eigenvalue weighted by atomic mass is 10.1. The fourth-order valence-corrected chi connectivity index (χ4v) is 1.75. The third-order valence-electron chi connectivity index (χ3n) is 2.40. The van der Waals surface area contributed by atoms with Crippen LogP contribution in [0.5, 0.6) is 17.2 Å². The summed E-state index contributed by atoms with van der Waals surface area (Å²) in [4.78, 5) is 0. The summed E-state index contributed by atoms with van der Waals surface area (Å²) in [6.07, 6.45) is 0.798. The fraction of sp³-hybridized carbons (Fsp3) is 0.571. The van der Waals surface area contributed by atoms with Crippen molar-refractivity contribution < 1.29 is 14.2 Å². The number of nitrogens with two attached hydrogens (primary N) is 1. The largest absolute Gasteiger partial charge is 0.490 e. The highest BCUT2D eigenvalue weighted by atomic mass is 16.5. The Bertz CT molecular complexity index is 339. The second kappa shape index (κ2) is 7.82. The van der Waals surface area contributed by atoms with Crippen LogP contribution >= 0.6 is 0 Å². The molecular weight excluding hydrogens is 230 g/mol. The Morgan fingerprint density at radius 1 is 0.889 bits per heavy atom. The first-order valence-corrected chi connectivity index (χ1v) is 6.52. The van der Waals surface area contributed by atoms with Crippen LogP contribution in [0.1, 0.15) is 26.3 Å². The average Bonchev–Trinajstić information content (AvgIpc) is 2.34. The highest BCUT2D eigenvalue weighted by Crippen LogP contribution is 2.39. The summed E-state index contributed by atoms with van der Waals surface area (Å²) in [6, 6.07) is 3.95. The maximum absolute atomic E-state index is 5.63. The lowest BCUT2D eigenvalue weighted by Gasteiger charge is -2.17. The van der Waals surface area contributed by atoms with Crippen LogP contribution in [0, 0.1) is 0 Å².